The largest absolute Gasteiger partial charge is 0.388 e. The Balaban J connectivity index is 2.48. The number of benzene rings is 1. The van der Waals surface area contributed by atoms with E-state index >= 15 is 0 Å². The van der Waals surface area contributed by atoms with Crippen molar-refractivity contribution in [3.05, 3.63) is 29.8 Å². The normalized spacial score (nSPS) is 12.6. The molecule has 0 aliphatic rings. The summed E-state index contributed by atoms with van der Waals surface area (Å²) in [6.45, 7) is 7.76. The molecule has 0 amide bonds. The number of rotatable bonds is 11. The lowest BCUT2D eigenvalue weighted by Crippen LogP contribution is -2.28. The summed E-state index contributed by atoms with van der Waals surface area (Å²) in [6, 6.07) is 8.24. The molecule has 0 saturated heterocycles. The number of hydrogen-bond acceptors (Lipinski definition) is 3. The van der Waals surface area contributed by atoms with Crippen LogP contribution >= 0.6 is 0 Å². The van der Waals surface area contributed by atoms with Gasteiger partial charge in [-0.2, -0.15) is 0 Å². The van der Waals surface area contributed by atoms with Gasteiger partial charge in [0.15, 0.2) is 0 Å². The molecular formula is C19H34N2O. The molecule has 0 aliphatic heterocycles. The summed E-state index contributed by atoms with van der Waals surface area (Å²) in [5.74, 6) is 0. The molecule has 0 saturated carbocycles. The van der Waals surface area contributed by atoms with Gasteiger partial charge in [-0.15, -0.1) is 0 Å². The Hall–Kier alpha value is -1.06. The zero-order chi connectivity index (χ0) is 16.4. The third-order valence-electron chi connectivity index (χ3n) is 4.17. The summed E-state index contributed by atoms with van der Waals surface area (Å²) in [4.78, 5) is 4.58. The van der Waals surface area contributed by atoms with Crippen LogP contribution in [0.1, 0.15) is 57.6 Å². The van der Waals surface area contributed by atoms with Gasteiger partial charge in [0.1, 0.15) is 0 Å². The van der Waals surface area contributed by atoms with Gasteiger partial charge in [0, 0.05) is 26.3 Å². The fourth-order valence-corrected chi connectivity index (χ4v) is 2.56. The van der Waals surface area contributed by atoms with Crippen molar-refractivity contribution in [3.8, 4) is 0 Å². The second kappa shape index (κ2) is 10.6. The standard InChI is InChI=1S/C19H34N2O/c1-5-7-14-21(15-8-6-2)16-13-19(22)17-9-11-18(12-10-17)20(3)4/h9-12,19,22H,5-8,13-16H2,1-4H3. The first-order valence-corrected chi connectivity index (χ1v) is 8.76. The zero-order valence-corrected chi connectivity index (χ0v) is 14.9. The van der Waals surface area contributed by atoms with E-state index in [1.165, 1.54) is 31.4 Å². The number of aliphatic hydroxyl groups is 1. The molecule has 0 fully saturated rings. The number of unbranched alkanes of at least 4 members (excludes halogenated alkanes) is 2. The lowest BCUT2D eigenvalue weighted by atomic mass is 10.1. The summed E-state index contributed by atoms with van der Waals surface area (Å²) >= 11 is 0. The van der Waals surface area contributed by atoms with Crippen LogP contribution in [0.5, 0.6) is 0 Å². The smallest absolute Gasteiger partial charge is 0.0802 e. The van der Waals surface area contributed by atoms with Crippen LogP contribution in [-0.4, -0.2) is 43.7 Å². The molecule has 0 aromatic heterocycles. The molecule has 0 bridgehead atoms. The second-order valence-corrected chi connectivity index (χ2v) is 6.34. The molecule has 3 heteroatoms. The van der Waals surface area contributed by atoms with Gasteiger partial charge in [0.25, 0.3) is 0 Å². The highest BCUT2D eigenvalue weighted by molar-refractivity contribution is 5.46. The Morgan fingerprint density at radius 3 is 1.91 bits per heavy atom. The number of anilines is 1. The predicted octanol–water partition coefficient (Wildman–Crippen LogP) is 4.08. The number of nitrogens with zero attached hydrogens (tertiary/aromatic N) is 2. The Kier molecular flexibility index (Phi) is 9.17. The third kappa shape index (κ3) is 6.80. The molecule has 1 unspecified atom stereocenters. The second-order valence-electron chi connectivity index (χ2n) is 6.34. The van der Waals surface area contributed by atoms with Crippen molar-refractivity contribution >= 4 is 5.69 Å². The molecule has 22 heavy (non-hydrogen) atoms. The minimum atomic E-state index is -0.359. The number of aliphatic hydroxyl groups excluding tert-OH is 1. The van der Waals surface area contributed by atoms with Crippen molar-refractivity contribution in [2.45, 2.75) is 52.1 Å². The summed E-state index contributed by atoms with van der Waals surface area (Å²) in [5.41, 5.74) is 2.19. The highest BCUT2D eigenvalue weighted by Crippen LogP contribution is 2.20. The van der Waals surface area contributed by atoms with Gasteiger partial charge in [-0.3, -0.25) is 0 Å². The molecule has 0 heterocycles. The van der Waals surface area contributed by atoms with Crippen LogP contribution in [0.2, 0.25) is 0 Å². The maximum Gasteiger partial charge on any atom is 0.0802 e. The molecule has 1 aromatic carbocycles. The van der Waals surface area contributed by atoms with E-state index in [4.69, 9.17) is 0 Å². The average molecular weight is 306 g/mol. The van der Waals surface area contributed by atoms with Crippen LogP contribution in [0.15, 0.2) is 24.3 Å². The Bertz CT molecular complexity index is 381. The SMILES string of the molecule is CCCCN(CCCC)CCC(O)c1ccc(N(C)C)cc1. The molecule has 1 N–H and O–H groups in total. The maximum absolute atomic E-state index is 10.4. The van der Waals surface area contributed by atoms with Crippen molar-refractivity contribution in [1.82, 2.24) is 4.90 Å². The van der Waals surface area contributed by atoms with Crippen molar-refractivity contribution in [2.75, 3.05) is 38.6 Å². The molecule has 126 valence electrons. The monoisotopic (exact) mass is 306 g/mol. The molecule has 0 aliphatic carbocycles. The van der Waals surface area contributed by atoms with E-state index in [0.29, 0.717) is 0 Å². The van der Waals surface area contributed by atoms with Gasteiger partial charge in [-0.25, -0.2) is 0 Å². The molecule has 3 nitrogen and oxygen atoms in total. The quantitative estimate of drug-likeness (QED) is 0.667. The van der Waals surface area contributed by atoms with Crippen LogP contribution in [0.25, 0.3) is 0 Å². The van der Waals surface area contributed by atoms with Crippen LogP contribution < -0.4 is 4.90 Å². The fourth-order valence-electron chi connectivity index (χ4n) is 2.56. The van der Waals surface area contributed by atoms with E-state index in [9.17, 15) is 5.11 Å². The van der Waals surface area contributed by atoms with Crippen LogP contribution in [0, 0.1) is 0 Å². The molecule has 0 spiro atoms. The molecule has 1 rings (SSSR count). The molecular weight excluding hydrogens is 272 g/mol. The van der Waals surface area contributed by atoms with Crippen molar-refractivity contribution in [2.24, 2.45) is 0 Å². The minimum absolute atomic E-state index is 0.359. The topological polar surface area (TPSA) is 26.7 Å². The van der Waals surface area contributed by atoms with Gasteiger partial charge >= 0.3 is 0 Å². The van der Waals surface area contributed by atoms with E-state index in [-0.39, 0.29) is 6.10 Å². The summed E-state index contributed by atoms with van der Waals surface area (Å²) < 4.78 is 0. The summed E-state index contributed by atoms with van der Waals surface area (Å²) in [6.07, 6.45) is 5.42. The van der Waals surface area contributed by atoms with Crippen molar-refractivity contribution < 1.29 is 5.11 Å². The minimum Gasteiger partial charge on any atom is -0.388 e. The maximum atomic E-state index is 10.4. The van der Waals surface area contributed by atoms with Gasteiger partial charge in [0.2, 0.25) is 0 Å². The average Bonchev–Trinajstić information content (AvgIpc) is 2.54. The molecule has 0 radical (unpaired) electrons. The van der Waals surface area contributed by atoms with Gasteiger partial charge in [-0.05, 0) is 50.0 Å². The highest BCUT2D eigenvalue weighted by atomic mass is 16.3. The van der Waals surface area contributed by atoms with E-state index in [0.717, 1.165) is 31.6 Å². The molecule has 1 atom stereocenters. The number of hydrogen-bond donors (Lipinski definition) is 1. The van der Waals surface area contributed by atoms with Crippen molar-refractivity contribution in [3.63, 3.8) is 0 Å². The first-order chi connectivity index (χ1) is 10.6. The lowest BCUT2D eigenvalue weighted by Gasteiger charge is -2.23. The van der Waals surface area contributed by atoms with E-state index < -0.39 is 0 Å². The Morgan fingerprint density at radius 1 is 0.909 bits per heavy atom. The van der Waals surface area contributed by atoms with Crippen LogP contribution in [0.4, 0.5) is 5.69 Å². The zero-order valence-electron chi connectivity index (χ0n) is 14.9. The Morgan fingerprint density at radius 2 is 1.45 bits per heavy atom. The van der Waals surface area contributed by atoms with Crippen molar-refractivity contribution in [1.29, 1.82) is 0 Å². The first kappa shape index (κ1) is 19.0. The Labute approximate surface area is 136 Å². The predicted molar refractivity (Wildman–Crippen MR) is 96.6 cm³/mol. The summed E-state index contributed by atoms with van der Waals surface area (Å²) in [7, 11) is 4.07. The fraction of sp³-hybridized carbons (Fsp3) is 0.684. The van der Waals surface area contributed by atoms with E-state index in [1.54, 1.807) is 0 Å². The first-order valence-electron chi connectivity index (χ1n) is 8.76. The van der Waals surface area contributed by atoms with Crippen LogP contribution in [0.3, 0.4) is 0 Å². The molecule has 1 aromatic rings. The van der Waals surface area contributed by atoms with E-state index in [1.807, 2.05) is 26.2 Å². The summed E-state index contributed by atoms with van der Waals surface area (Å²) in [5, 5.41) is 10.4. The van der Waals surface area contributed by atoms with Gasteiger partial charge in [-0.1, -0.05) is 38.8 Å². The lowest BCUT2D eigenvalue weighted by molar-refractivity contribution is 0.140. The third-order valence-corrected chi connectivity index (χ3v) is 4.17. The van der Waals surface area contributed by atoms with Crippen LogP contribution in [-0.2, 0) is 0 Å². The highest BCUT2D eigenvalue weighted by Gasteiger charge is 2.11. The van der Waals surface area contributed by atoms with E-state index in [2.05, 4.69) is 35.8 Å². The van der Waals surface area contributed by atoms with Gasteiger partial charge < -0.3 is 14.9 Å². The van der Waals surface area contributed by atoms with Gasteiger partial charge in [0.05, 0.1) is 6.10 Å².